The van der Waals surface area contributed by atoms with Crippen molar-refractivity contribution < 1.29 is 28.4 Å². The zero-order valence-corrected chi connectivity index (χ0v) is 12.7. The summed E-state index contributed by atoms with van der Waals surface area (Å²) in [4.78, 5) is 0. The van der Waals surface area contributed by atoms with Crippen LogP contribution in [0, 0.1) is 0 Å². The molecule has 2 unspecified atom stereocenters. The van der Waals surface area contributed by atoms with Crippen LogP contribution < -0.4 is 0 Å². The molecule has 1 aliphatic heterocycles. The van der Waals surface area contributed by atoms with E-state index < -0.39 is 0 Å². The number of hydrogen-bond acceptors (Lipinski definition) is 6. The largest absolute Gasteiger partial charge is 0.496 e. The van der Waals surface area contributed by atoms with E-state index in [1.807, 2.05) is 24.3 Å². The average Bonchev–Trinajstić information content (AvgIpc) is 2.55. The molecule has 0 aromatic carbocycles. The van der Waals surface area contributed by atoms with Crippen LogP contribution in [0.5, 0.6) is 0 Å². The van der Waals surface area contributed by atoms with Crippen LogP contribution in [0.3, 0.4) is 0 Å². The highest BCUT2D eigenvalue weighted by Gasteiger charge is 2.19. The Morgan fingerprint density at radius 1 is 0.591 bits per heavy atom. The Morgan fingerprint density at radius 3 is 1.91 bits per heavy atom. The Bertz CT molecular complexity index is 366. The number of allylic oxidation sites excluding steroid dienone is 2. The first-order valence-corrected chi connectivity index (χ1v) is 7.59. The maximum atomic E-state index is 5.77. The minimum absolute atomic E-state index is 0.128. The van der Waals surface area contributed by atoms with Crippen molar-refractivity contribution in [2.45, 2.75) is 12.2 Å². The lowest BCUT2D eigenvalue weighted by Gasteiger charge is -2.23. The summed E-state index contributed by atoms with van der Waals surface area (Å²) in [5.74, 6) is 0. The fourth-order valence-corrected chi connectivity index (χ4v) is 1.96. The van der Waals surface area contributed by atoms with E-state index in [0.29, 0.717) is 52.9 Å². The van der Waals surface area contributed by atoms with Crippen LogP contribution in [0.15, 0.2) is 36.8 Å². The van der Waals surface area contributed by atoms with Gasteiger partial charge in [0.15, 0.2) is 0 Å². The summed E-state index contributed by atoms with van der Waals surface area (Å²) in [6, 6.07) is 0. The molecule has 0 aromatic rings. The topological polar surface area (TPSA) is 55.4 Å². The lowest BCUT2D eigenvalue weighted by molar-refractivity contribution is -0.0378. The van der Waals surface area contributed by atoms with E-state index in [-0.39, 0.29) is 12.2 Å². The molecule has 2 aliphatic rings. The van der Waals surface area contributed by atoms with Crippen LogP contribution in [-0.2, 0) is 28.4 Å². The van der Waals surface area contributed by atoms with Crippen LogP contribution >= 0.6 is 0 Å². The second-order valence-corrected chi connectivity index (χ2v) is 4.69. The van der Waals surface area contributed by atoms with Crippen LogP contribution in [0.2, 0.25) is 0 Å². The predicted octanol–water partition coefficient (Wildman–Crippen LogP) is 1.43. The summed E-state index contributed by atoms with van der Waals surface area (Å²) >= 11 is 0. The number of rotatable bonds is 0. The molecular weight excluding hydrogens is 288 g/mol. The molecule has 0 saturated heterocycles. The molecule has 0 saturated carbocycles. The Morgan fingerprint density at radius 2 is 1.18 bits per heavy atom. The first-order valence-electron chi connectivity index (χ1n) is 7.59. The number of hydrogen-bond donors (Lipinski definition) is 0. The summed E-state index contributed by atoms with van der Waals surface area (Å²) in [6.45, 7) is 4.24. The number of ether oxygens (including phenoxy) is 6. The SMILES string of the molecule is C1=CC2OC=COCCOCCOCCOCCOC2C=C1. The van der Waals surface area contributed by atoms with Gasteiger partial charge in [-0.05, 0) is 6.08 Å². The third-order valence-corrected chi connectivity index (χ3v) is 3.05. The molecular formula is C16H24O6. The highest BCUT2D eigenvalue weighted by molar-refractivity contribution is 5.17. The van der Waals surface area contributed by atoms with Gasteiger partial charge in [0, 0.05) is 0 Å². The second kappa shape index (κ2) is 11.3. The molecule has 0 fully saturated rings. The molecule has 0 spiro atoms. The van der Waals surface area contributed by atoms with Gasteiger partial charge < -0.3 is 28.4 Å². The van der Waals surface area contributed by atoms with Gasteiger partial charge >= 0.3 is 0 Å². The van der Waals surface area contributed by atoms with Crippen molar-refractivity contribution in [2.24, 2.45) is 0 Å². The minimum Gasteiger partial charge on any atom is -0.496 e. The van der Waals surface area contributed by atoms with Crippen molar-refractivity contribution in [3.05, 3.63) is 36.8 Å². The zero-order valence-electron chi connectivity index (χ0n) is 12.7. The quantitative estimate of drug-likeness (QED) is 0.674. The van der Waals surface area contributed by atoms with Crippen molar-refractivity contribution in [1.29, 1.82) is 0 Å². The third-order valence-electron chi connectivity index (χ3n) is 3.05. The standard InChI is InChI=1S/C16H24O6/c1-2-4-16-15(3-1)21-13-11-19-9-7-17-5-6-18-8-10-20-12-14-22-16/h1-4,11,13,15-16H,5-10,12,14H2. The molecule has 0 N–H and O–H groups in total. The van der Waals surface area contributed by atoms with E-state index >= 15 is 0 Å². The normalized spacial score (nSPS) is 28.7. The van der Waals surface area contributed by atoms with Gasteiger partial charge in [-0.2, -0.15) is 0 Å². The Hall–Kier alpha value is -1.34. The van der Waals surface area contributed by atoms with E-state index in [0.717, 1.165) is 0 Å². The van der Waals surface area contributed by atoms with Crippen molar-refractivity contribution in [3.63, 3.8) is 0 Å². The predicted molar refractivity (Wildman–Crippen MR) is 80.4 cm³/mol. The van der Waals surface area contributed by atoms with Crippen molar-refractivity contribution >= 4 is 0 Å². The summed E-state index contributed by atoms with van der Waals surface area (Å²) in [6.07, 6.45) is 10.6. The molecule has 6 nitrogen and oxygen atoms in total. The van der Waals surface area contributed by atoms with E-state index in [1.165, 1.54) is 12.5 Å². The fourth-order valence-electron chi connectivity index (χ4n) is 1.96. The van der Waals surface area contributed by atoms with Gasteiger partial charge in [0.25, 0.3) is 0 Å². The van der Waals surface area contributed by atoms with Gasteiger partial charge in [0.05, 0.1) is 46.2 Å². The van der Waals surface area contributed by atoms with Gasteiger partial charge in [0.1, 0.15) is 31.3 Å². The Kier molecular flexibility index (Phi) is 8.71. The lowest BCUT2D eigenvalue weighted by atomic mass is 10.1. The van der Waals surface area contributed by atoms with Gasteiger partial charge in [0.2, 0.25) is 0 Å². The first kappa shape index (κ1) is 17.0. The van der Waals surface area contributed by atoms with Crippen LogP contribution in [0.4, 0.5) is 0 Å². The fraction of sp³-hybridized carbons (Fsp3) is 0.625. The summed E-state index contributed by atoms with van der Waals surface area (Å²) < 4.78 is 32.9. The van der Waals surface area contributed by atoms with Gasteiger partial charge in [-0.1, -0.05) is 18.2 Å². The van der Waals surface area contributed by atoms with E-state index in [4.69, 9.17) is 28.4 Å². The Labute approximate surface area is 131 Å². The molecule has 0 aromatic heterocycles. The van der Waals surface area contributed by atoms with Crippen molar-refractivity contribution in [3.8, 4) is 0 Å². The van der Waals surface area contributed by atoms with Crippen LogP contribution in [0.1, 0.15) is 0 Å². The van der Waals surface area contributed by atoms with Crippen molar-refractivity contribution in [1.82, 2.24) is 0 Å². The minimum atomic E-state index is -0.164. The van der Waals surface area contributed by atoms with E-state index in [1.54, 1.807) is 0 Å². The molecule has 2 atom stereocenters. The van der Waals surface area contributed by atoms with Gasteiger partial charge in [-0.3, -0.25) is 0 Å². The second-order valence-electron chi connectivity index (χ2n) is 4.69. The molecule has 0 radical (unpaired) electrons. The van der Waals surface area contributed by atoms with Gasteiger partial charge in [-0.25, -0.2) is 0 Å². The average molecular weight is 312 g/mol. The highest BCUT2D eigenvalue weighted by Crippen LogP contribution is 2.13. The highest BCUT2D eigenvalue weighted by atomic mass is 16.6. The first-order chi connectivity index (χ1) is 11.0. The Balaban J connectivity index is 1.77. The molecule has 124 valence electrons. The maximum absolute atomic E-state index is 5.77. The van der Waals surface area contributed by atoms with Gasteiger partial charge in [-0.15, -0.1) is 0 Å². The van der Waals surface area contributed by atoms with Crippen LogP contribution in [0.25, 0.3) is 0 Å². The molecule has 2 rings (SSSR count). The lowest BCUT2D eigenvalue weighted by Crippen LogP contribution is -2.29. The van der Waals surface area contributed by atoms with Crippen LogP contribution in [-0.4, -0.2) is 65.1 Å². The molecule has 1 aliphatic carbocycles. The van der Waals surface area contributed by atoms with E-state index in [9.17, 15) is 0 Å². The molecule has 6 heteroatoms. The zero-order chi connectivity index (χ0) is 15.3. The molecule has 0 bridgehead atoms. The summed E-state index contributed by atoms with van der Waals surface area (Å²) in [5.41, 5.74) is 0. The van der Waals surface area contributed by atoms with Crippen molar-refractivity contribution in [2.75, 3.05) is 52.9 Å². The maximum Gasteiger partial charge on any atom is 0.146 e. The molecule has 0 amide bonds. The summed E-state index contributed by atoms with van der Waals surface area (Å²) in [5, 5.41) is 0. The molecule has 22 heavy (non-hydrogen) atoms. The smallest absolute Gasteiger partial charge is 0.146 e. The van der Waals surface area contributed by atoms with E-state index in [2.05, 4.69) is 0 Å². The summed E-state index contributed by atoms with van der Waals surface area (Å²) in [7, 11) is 0. The molecule has 1 heterocycles. The third kappa shape index (κ3) is 7.09. The number of fused-ring (bicyclic) bond motifs is 1. The monoisotopic (exact) mass is 312 g/mol.